The van der Waals surface area contributed by atoms with E-state index in [1.165, 1.54) is 23.2 Å². The molecule has 0 bridgehead atoms. The fourth-order valence-electron chi connectivity index (χ4n) is 2.47. The number of aromatic nitrogens is 1. The second-order valence-electron chi connectivity index (χ2n) is 5.50. The Morgan fingerprint density at radius 2 is 2.00 bits per heavy atom. The quantitative estimate of drug-likeness (QED) is 0.781. The SMILES string of the molecule is CC(C)=CCN1C(=O)c2cccn2S(=O)(=O)c2cc(Cl)ccc21. The molecule has 0 saturated carbocycles. The number of anilines is 1. The van der Waals surface area contributed by atoms with Crippen molar-refractivity contribution < 1.29 is 13.2 Å². The van der Waals surface area contributed by atoms with E-state index >= 15 is 0 Å². The monoisotopic (exact) mass is 350 g/mol. The van der Waals surface area contributed by atoms with E-state index in [1.807, 2.05) is 19.9 Å². The summed E-state index contributed by atoms with van der Waals surface area (Å²) < 4.78 is 26.7. The van der Waals surface area contributed by atoms with Gasteiger partial charge in [-0.25, -0.2) is 12.4 Å². The van der Waals surface area contributed by atoms with Gasteiger partial charge in [0.1, 0.15) is 10.6 Å². The molecule has 120 valence electrons. The van der Waals surface area contributed by atoms with E-state index in [1.54, 1.807) is 18.2 Å². The molecule has 0 aliphatic carbocycles. The number of amides is 1. The summed E-state index contributed by atoms with van der Waals surface area (Å²) in [7, 11) is -3.87. The summed E-state index contributed by atoms with van der Waals surface area (Å²) in [6, 6.07) is 7.57. The van der Waals surface area contributed by atoms with Gasteiger partial charge in [0.2, 0.25) is 0 Å². The van der Waals surface area contributed by atoms with Crippen LogP contribution in [0.1, 0.15) is 24.3 Å². The summed E-state index contributed by atoms with van der Waals surface area (Å²) in [6.07, 6.45) is 3.25. The van der Waals surface area contributed by atoms with Gasteiger partial charge in [0.05, 0.1) is 5.69 Å². The van der Waals surface area contributed by atoms with Crippen molar-refractivity contribution in [1.29, 1.82) is 0 Å². The lowest BCUT2D eigenvalue weighted by Crippen LogP contribution is -2.31. The molecule has 0 spiro atoms. The average Bonchev–Trinajstić information content (AvgIpc) is 2.96. The van der Waals surface area contributed by atoms with Crippen molar-refractivity contribution in [3.05, 3.63) is 58.9 Å². The minimum atomic E-state index is -3.87. The van der Waals surface area contributed by atoms with Gasteiger partial charge in [-0.3, -0.25) is 4.79 Å². The third-order valence-electron chi connectivity index (χ3n) is 3.61. The Kier molecular flexibility index (Phi) is 3.82. The molecule has 0 radical (unpaired) electrons. The molecule has 0 fully saturated rings. The number of hydrogen-bond acceptors (Lipinski definition) is 3. The van der Waals surface area contributed by atoms with Crippen LogP contribution in [0.2, 0.25) is 5.02 Å². The summed E-state index contributed by atoms with van der Waals surface area (Å²) >= 11 is 5.98. The first-order valence-electron chi connectivity index (χ1n) is 7.00. The van der Waals surface area contributed by atoms with Crippen LogP contribution >= 0.6 is 11.6 Å². The Morgan fingerprint density at radius 3 is 2.70 bits per heavy atom. The topological polar surface area (TPSA) is 59.4 Å². The molecule has 1 amide bonds. The predicted octanol–water partition coefficient (Wildman–Crippen LogP) is 3.30. The van der Waals surface area contributed by atoms with Gasteiger partial charge in [-0.2, -0.15) is 0 Å². The maximum atomic E-state index is 12.9. The summed E-state index contributed by atoms with van der Waals surface area (Å²) in [6.45, 7) is 4.13. The summed E-state index contributed by atoms with van der Waals surface area (Å²) in [5.74, 6) is -0.364. The molecule has 3 rings (SSSR count). The second kappa shape index (κ2) is 5.54. The summed E-state index contributed by atoms with van der Waals surface area (Å²) in [5.41, 5.74) is 1.48. The number of hydrogen-bond donors (Lipinski definition) is 0. The number of benzene rings is 1. The Labute approximate surface area is 139 Å². The van der Waals surface area contributed by atoms with Crippen LogP contribution in [0.4, 0.5) is 5.69 Å². The van der Waals surface area contributed by atoms with Crippen LogP contribution in [0.15, 0.2) is 53.1 Å². The molecule has 1 aromatic heterocycles. The lowest BCUT2D eigenvalue weighted by atomic mass is 10.2. The van der Waals surface area contributed by atoms with Crippen LogP contribution in [-0.2, 0) is 10.0 Å². The summed E-state index contributed by atoms with van der Waals surface area (Å²) in [5, 5.41) is 0.303. The minimum absolute atomic E-state index is 0.0236. The van der Waals surface area contributed by atoms with Crippen molar-refractivity contribution in [2.24, 2.45) is 0 Å². The van der Waals surface area contributed by atoms with Gasteiger partial charge in [0.25, 0.3) is 15.9 Å². The average molecular weight is 351 g/mol. The van der Waals surface area contributed by atoms with Gasteiger partial charge in [0.15, 0.2) is 0 Å². The highest BCUT2D eigenvalue weighted by Gasteiger charge is 2.34. The first-order chi connectivity index (χ1) is 10.8. The van der Waals surface area contributed by atoms with E-state index in [2.05, 4.69) is 0 Å². The fourth-order valence-corrected chi connectivity index (χ4v) is 4.26. The minimum Gasteiger partial charge on any atom is -0.302 e. The van der Waals surface area contributed by atoms with Crippen molar-refractivity contribution in [3.8, 4) is 0 Å². The molecule has 5 nitrogen and oxygen atoms in total. The highest BCUT2D eigenvalue weighted by atomic mass is 35.5. The first-order valence-corrected chi connectivity index (χ1v) is 8.82. The second-order valence-corrected chi connectivity index (χ2v) is 7.72. The maximum Gasteiger partial charge on any atom is 0.276 e. The van der Waals surface area contributed by atoms with Gasteiger partial charge in [-0.05, 0) is 44.2 Å². The van der Waals surface area contributed by atoms with Gasteiger partial charge in [-0.1, -0.05) is 23.3 Å². The number of nitrogens with zero attached hydrogens (tertiary/aromatic N) is 2. The third kappa shape index (κ3) is 2.58. The van der Waals surface area contributed by atoms with Crippen LogP contribution in [-0.4, -0.2) is 24.8 Å². The van der Waals surface area contributed by atoms with Crippen LogP contribution in [0.5, 0.6) is 0 Å². The predicted molar refractivity (Wildman–Crippen MR) is 89.6 cm³/mol. The Balaban J connectivity index is 2.32. The molecular formula is C16H15ClN2O3S. The fraction of sp³-hybridized carbons (Fsp3) is 0.188. The molecule has 0 atom stereocenters. The highest BCUT2D eigenvalue weighted by Crippen LogP contribution is 2.34. The van der Waals surface area contributed by atoms with Crippen molar-refractivity contribution in [2.45, 2.75) is 18.7 Å². The Hall–Kier alpha value is -2.05. The lowest BCUT2D eigenvalue weighted by molar-refractivity contribution is 0.0984. The van der Waals surface area contributed by atoms with E-state index < -0.39 is 10.0 Å². The molecular weight excluding hydrogens is 336 g/mol. The zero-order valence-corrected chi connectivity index (χ0v) is 14.2. The molecule has 2 aromatic rings. The molecule has 1 aromatic carbocycles. The molecule has 7 heteroatoms. The van der Waals surface area contributed by atoms with E-state index in [-0.39, 0.29) is 23.0 Å². The van der Waals surface area contributed by atoms with Crippen LogP contribution in [0, 0.1) is 0 Å². The van der Waals surface area contributed by atoms with E-state index in [0.29, 0.717) is 10.7 Å². The number of allylic oxidation sites excluding steroid dienone is 1. The van der Waals surface area contributed by atoms with E-state index in [0.717, 1.165) is 9.55 Å². The third-order valence-corrected chi connectivity index (χ3v) is 5.56. The molecule has 23 heavy (non-hydrogen) atoms. The Bertz CT molecular complexity index is 925. The molecule has 0 unspecified atom stereocenters. The van der Waals surface area contributed by atoms with E-state index in [9.17, 15) is 13.2 Å². The molecule has 1 aliphatic heterocycles. The molecule has 2 heterocycles. The zero-order chi connectivity index (χ0) is 16.8. The van der Waals surface area contributed by atoms with Crippen LogP contribution in [0.25, 0.3) is 0 Å². The normalized spacial score (nSPS) is 15.6. The van der Waals surface area contributed by atoms with E-state index in [4.69, 9.17) is 11.6 Å². The van der Waals surface area contributed by atoms with Gasteiger partial charge < -0.3 is 4.90 Å². The number of carbonyl (C=O) groups is 1. The van der Waals surface area contributed by atoms with Gasteiger partial charge in [-0.15, -0.1) is 0 Å². The maximum absolute atomic E-state index is 12.9. The number of fused-ring (bicyclic) bond motifs is 2. The number of halogens is 1. The van der Waals surface area contributed by atoms with Gasteiger partial charge >= 0.3 is 0 Å². The first kappa shape index (κ1) is 15.8. The molecule has 1 aliphatic rings. The number of carbonyl (C=O) groups excluding carboxylic acids is 1. The largest absolute Gasteiger partial charge is 0.302 e. The molecule has 0 saturated heterocycles. The van der Waals surface area contributed by atoms with Crippen molar-refractivity contribution >= 4 is 33.2 Å². The van der Waals surface area contributed by atoms with Gasteiger partial charge in [0, 0.05) is 17.8 Å². The number of rotatable bonds is 2. The smallest absolute Gasteiger partial charge is 0.276 e. The summed E-state index contributed by atoms with van der Waals surface area (Å²) in [4.78, 5) is 14.3. The van der Waals surface area contributed by atoms with Crippen LogP contribution in [0.3, 0.4) is 0 Å². The highest BCUT2D eigenvalue weighted by molar-refractivity contribution is 7.90. The molecule has 0 N–H and O–H groups in total. The van der Waals surface area contributed by atoms with Crippen molar-refractivity contribution in [3.63, 3.8) is 0 Å². The zero-order valence-electron chi connectivity index (χ0n) is 12.7. The lowest BCUT2D eigenvalue weighted by Gasteiger charge is -2.20. The standard InChI is InChI=1S/C16H15ClN2O3S/c1-11(2)7-9-18-13-6-5-12(17)10-15(13)23(21,22)19-8-3-4-14(19)16(18)20/h3-8,10H,9H2,1-2H3. The van der Waals surface area contributed by atoms with Crippen molar-refractivity contribution in [2.75, 3.05) is 11.4 Å². The Morgan fingerprint density at radius 1 is 1.26 bits per heavy atom. The van der Waals surface area contributed by atoms with Crippen molar-refractivity contribution in [1.82, 2.24) is 3.97 Å². The van der Waals surface area contributed by atoms with Crippen LogP contribution < -0.4 is 4.90 Å².